The van der Waals surface area contributed by atoms with Gasteiger partial charge >= 0.3 is 0 Å². The van der Waals surface area contributed by atoms with Crippen LogP contribution in [0.2, 0.25) is 0 Å². The standard InChI is InChI=1S/C15H19N7/c1-11-14(18-10-17-11)15-16-6-8-21(15)9-13-20-19-12-5-3-2-4-7-22(12)13/h6,8,10H,2-5,7,9H2,1H3,(H,17,18). The lowest BCUT2D eigenvalue weighted by atomic mass is 10.2. The summed E-state index contributed by atoms with van der Waals surface area (Å²) >= 11 is 0. The normalized spacial score (nSPS) is 14.8. The van der Waals surface area contributed by atoms with E-state index < -0.39 is 0 Å². The van der Waals surface area contributed by atoms with Crippen molar-refractivity contribution in [2.24, 2.45) is 0 Å². The van der Waals surface area contributed by atoms with E-state index in [4.69, 9.17) is 0 Å². The molecule has 0 saturated carbocycles. The molecular weight excluding hydrogens is 278 g/mol. The van der Waals surface area contributed by atoms with Crippen LogP contribution in [-0.2, 0) is 19.5 Å². The number of H-pyrrole nitrogens is 1. The summed E-state index contributed by atoms with van der Waals surface area (Å²) in [6.07, 6.45) is 10.2. The third-order valence-corrected chi connectivity index (χ3v) is 4.26. The number of aromatic amines is 1. The Hall–Kier alpha value is -2.44. The third-order valence-electron chi connectivity index (χ3n) is 4.26. The summed E-state index contributed by atoms with van der Waals surface area (Å²) in [6, 6.07) is 0. The van der Waals surface area contributed by atoms with Gasteiger partial charge in [-0.05, 0) is 19.8 Å². The molecule has 3 aromatic rings. The Kier molecular flexibility index (Phi) is 3.25. The Labute approximate surface area is 128 Å². The maximum absolute atomic E-state index is 4.45. The maximum atomic E-state index is 4.45. The van der Waals surface area contributed by atoms with Gasteiger partial charge < -0.3 is 14.1 Å². The molecule has 0 radical (unpaired) electrons. The molecular formula is C15H19N7. The van der Waals surface area contributed by atoms with Crippen LogP contribution < -0.4 is 0 Å². The molecule has 1 N–H and O–H groups in total. The minimum absolute atomic E-state index is 0.675. The first kappa shape index (κ1) is 13.2. The highest BCUT2D eigenvalue weighted by Crippen LogP contribution is 2.20. The lowest BCUT2D eigenvalue weighted by Crippen LogP contribution is -2.11. The van der Waals surface area contributed by atoms with Gasteiger partial charge in [0.15, 0.2) is 11.6 Å². The molecule has 7 heteroatoms. The molecule has 4 rings (SSSR count). The molecule has 0 bridgehead atoms. The second-order valence-corrected chi connectivity index (χ2v) is 5.75. The van der Waals surface area contributed by atoms with Gasteiger partial charge in [0.25, 0.3) is 0 Å². The number of nitrogens with zero attached hydrogens (tertiary/aromatic N) is 6. The van der Waals surface area contributed by atoms with E-state index >= 15 is 0 Å². The van der Waals surface area contributed by atoms with Crippen molar-refractivity contribution < 1.29 is 0 Å². The van der Waals surface area contributed by atoms with Crippen molar-refractivity contribution in [2.45, 2.75) is 45.7 Å². The summed E-state index contributed by atoms with van der Waals surface area (Å²) in [5.74, 6) is 2.99. The molecule has 3 aromatic heterocycles. The van der Waals surface area contributed by atoms with E-state index in [9.17, 15) is 0 Å². The van der Waals surface area contributed by atoms with E-state index in [2.05, 4.69) is 34.3 Å². The third kappa shape index (κ3) is 2.22. The lowest BCUT2D eigenvalue weighted by molar-refractivity contribution is 0.589. The Bertz CT molecular complexity index is 780. The summed E-state index contributed by atoms with van der Waals surface area (Å²) in [5, 5.41) is 8.76. The largest absolute Gasteiger partial charge is 0.348 e. The van der Waals surface area contributed by atoms with Gasteiger partial charge in [-0.2, -0.15) is 0 Å². The predicted octanol–water partition coefficient (Wildman–Crippen LogP) is 1.95. The second kappa shape index (κ2) is 5.40. The summed E-state index contributed by atoms with van der Waals surface area (Å²) in [5.41, 5.74) is 1.91. The first-order chi connectivity index (χ1) is 10.8. The van der Waals surface area contributed by atoms with Crippen molar-refractivity contribution in [1.82, 2.24) is 34.3 Å². The van der Waals surface area contributed by atoms with Crippen LogP contribution in [-0.4, -0.2) is 34.3 Å². The average molecular weight is 297 g/mol. The monoisotopic (exact) mass is 297 g/mol. The molecule has 1 aliphatic heterocycles. The molecule has 0 atom stereocenters. The highest BCUT2D eigenvalue weighted by molar-refractivity contribution is 5.52. The first-order valence-corrected chi connectivity index (χ1v) is 7.75. The molecule has 0 aromatic carbocycles. The number of hydrogen-bond donors (Lipinski definition) is 1. The number of rotatable bonds is 3. The number of fused-ring (bicyclic) bond motifs is 1. The van der Waals surface area contributed by atoms with Gasteiger partial charge in [-0.25, -0.2) is 9.97 Å². The molecule has 0 saturated heterocycles. The summed E-state index contributed by atoms with van der Waals surface area (Å²) < 4.78 is 4.36. The number of aromatic nitrogens is 7. The molecule has 4 heterocycles. The minimum atomic E-state index is 0.675. The molecule has 114 valence electrons. The highest BCUT2D eigenvalue weighted by atomic mass is 15.3. The molecule has 0 unspecified atom stereocenters. The Balaban J connectivity index is 1.67. The van der Waals surface area contributed by atoms with Crippen LogP contribution in [0.5, 0.6) is 0 Å². The quantitative estimate of drug-likeness (QED) is 0.801. The molecule has 0 fully saturated rings. The van der Waals surface area contributed by atoms with E-state index in [-0.39, 0.29) is 0 Å². The smallest absolute Gasteiger partial charge is 0.160 e. The fraction of sp³-hybridized carbons (Fsp3) is 0.467. The topological polar surface area (TPSA) is 77.2 Å². The zero-order valence-electron chi connectivity index (χ0n) is 12.7. The van der Waals surface area contributed by atoms with Gasteiger partial charge in [-0.15, -0.1) is 10.2 Å². The predicted molar refractivity (Wildman–Crippen MR) is 81.2 cm³/mol. The minimum Gasteiger partial charge on any atom is -0.348 e. The van der Waals surface area contributed by atoms with Crippen LogP contribution in [0.3, 0.4) is 0 Å². The zero-order chi connectivity index (χ0) is 14.9. The van der Waals surface area contributed by atoms with Crippen LogP contribution in [0.15, 0.2) is 18.7 Å². The number of imidazole rings is 2. The fourth-order valence-electron chi connectivity index (χ4n) is 3.05. The van der Waals surface area contributed by atoms with E-state index in [0.29, 0.717) is 6.54 Å². The van der Waals surface area contributed by atoms with E-state index in [1.165, 1.54) is 19.3 Å². The number of hydrogen-bond acceptors (Lipinski definition) is 4. The molecule has 0 amide bonds. The van der Waals surface area contributed by atoms with E-state index in [1.54, 1.807) is 6.33 Å². The van der Waals surface area contributed by atoms with Gasteiger partial charge in [0.05, 0.1) is 12.9 Å². The first-order valence-electron chi connectivity index (χ1n) is 7.75. The molecule has 22 heavy (non-hydrogen) atoms. The Morgan fingerprint density at radius 3 is 3.00 bits per heavy atom. The fourth-order valence-corrected chi connectivity index (χ4v) is 3.05. The second-order valence-electron chi connectivity index (χ2n) is 5.75. The summed E-state index contributed by atoms with van der Waals surface area (Å²) in [4.78, 5) is 11.9. The Morgan fingerprint density at radius 1 is 1.18 bits per heavy atom. The molecule has 0 spiro atoms. The van der Waals surface area contributed by atoms with Crippen molar-refractivity contribution in [1.29, 1.82) is 0 Å². The van der Waals surface area contributed by atoms with Gasteiger partial charge in [-0.1, -0.05) is 6.42 Å². The number of nitrogens with one attached hydrogen (secondary N) is 1. The van der Waals surface area contributed by atoms with Gasteiger partial charge in [0, 0.05) is 31.1 Å². The van der Waals surface area contributed by atoms with Crippen molar-refractivity contribution in [3.8, 4) is 11.5 Å². The van der Waals surface area contributed by atoms with E-state index in [1.807, 2.05) is 19.3 Å². The van der Waals surface area contributed by atoms with Gasteiger partial charge in [0.1, 0.15) is 11.5 Å². The van der Waals surface area contributed by atoms with E-state index in [0.717, 1.165) is 41.8 Å². The lowest BCUT2D eigenvalue weighted by Gasteiger charge is -2.09. The van der Waals surface area contributed by atoms with Crippen molar-refractivity contribution >= 4 is 0 Å². The SMILES string of the molecule is Cc1[nH]cnc1-c1nccn1Cc1nnc2n1CCCCC2. The van der Waals surface area contributed by atoms with Crippen molar-refractivity contribution in [2.75, 3.05) is 0 Å². The van der Waals surface area contributed by atoms with Crippen LogP contribution >= 0.6 is 0 Å². The molecule has 7 nitrogen and oxygen atoms in total. The van der Waals surface area contributed by atoms with Crippen LogP contribution in [0.4, 0.5) is 0 Å². The Morgan fingerprint density at radius 2 is 2.14 bits per heavy atom. The molecule has 1 aliphatic rings. The van der Waals surface area contributed by atoms with Gasteiger partial charge in [-0.3, -0.25) is 0 Å². The highest BCUT2D eigenvalue weighted by Gasteiger charge is 2.17. The van der Waals surface area contributed by atoms with Crippen molar-refractivity contribution in [3.63, 3.8) is 0 Å². The summed E-state index contributed by atoms with van der Waals surface area (Å²) in [7, 11) is 0. The summed E-state index contributed by atoms with van der Waals surface area (Å²) in [6.45, 7) is 3.70. The molecule has 0 aliphatic carbocycles. The average Bonchev–Trinajstić information content (AvgIpc) is 3.18. The maximum Gasteiger partial charge on any atom is 0.160 e. The van der Waals surface area contributed by atoms with Gasteiger partial charge in [0.2, 0.25) is 0 Å². The van der Waals surface area contributed by atoms with Crippen LogP contribution in [0, 0.1) is 6.92 Å². The zero-order valence-corrected chi connectivity index (χ0v) is 12.7. The van der Waals surface area contributed by atoms with Crippen LogP contribution in [0.25, 0.3) is 11.5 Å². The van der Waals surface area contributed by atoms with Crippen LogP contribution in [0.1, 0.15) is 36.6 Å². The number of aryl methyl sites for hydroxylation is 2. The van der Waals surface area contributed by atoms with Crippen molar-refractivity contribution in [3.05, 3.63) is 36.1 Å².